The normalized spacial score (nSPS) is 10.8. The Hall–Kier alpha value is -3.80. The maximum absolute atomic E-state index is 12.8. The standard InChI is InChI=1S/C20H12N2O4/c23-20(16-9-3-6-13-5-1-2-8-15(13)16)26-19-17(22(24)25)11-10-14-7-4-12-21-18(14)19/h1-12H. The lowest BCUT2D eigenvalue weighted by atomic mass is 10.0. The first kappa shape index (κ1) is 15.7. The maximum atomic E-state index is 12.8. The van der Waals surface area contributed by atoms with E-state index in [-0.39, 0.29) is 17.0 Å². The number of benzene rings is 3. The van der Waals surface area contributed by atoms with Crippen LogP contribution in [0.15, 0.2) is 72.9 Å². The summed E-state index contributed by atoms with van der Waals surface area (Å²) in [4.78, 5) is 27.7. The number of hydrogen-bond donors (Lipinski definition) is 0. The van der Waals surface area contributed by atoms with Crippen molar-refractivity contribution in [2.24, 2.45) is 0 Å². The topological polar surface area (TPSA) is 82.3 Å². The number of carbonyl (C=O) groups is 1. The molecular weight excluding hydrogens is 332 g/mol. The van der Waals surface area contributed by atoms with Gasteiger partial charge in [0.05, 0.1) is 10.5 Å². The molecule has 0 saturated carbocycles. The zero-order valence-corrected chi connectivity index (χ0v) is 13.5. The minimum absolute atomic E-state index is 0.147. The van der Waals surface area contributed by atoms with Gasteiger partial charge in [-0.2, -0.15) is 0 Å². The van der Waals surface area contributed by atoms with Gasteiger partial charge in [0.2, 0.25) is 5.75 Å². The third-order valence-electron chi connectivity index (χ3n) is 4.11. The highest BCUT2D eigenvalue weighted by atomic mass is 16.6. The van der Waals surface area contributed by atoms with Crippen LogP contribution in [0, 0.1) is 10.1 Å². The predicted octanol–water partition coefficient (Wildman–Crippen LogP) is 4.52. The zero-order chi connectivity index (χ0) is 18.1. The van der Waals surface area contributed by atoms with Crippen LogP contribution in [-0.4, -0.2) is 15.9 Å². The fraction of sp³-hybridized carbons (Fsp3) is 0. The van der Waals surface area contributed by atoms with Crippen LogP contribution in [0.3, 0.4) is 0 Å². The predicted molar refractivity (Wildman–Crippen MR) is 97.3 cm³/mol. The smallest absolute Gasteiger partial charge is 0.344 e. The van der Waals surface area contributed by atoms with Gasteiger partial charge in [-0.3, -0.25) is 15.1 Å². The van der Waals surface area contributed by atoms with Crippen molar-refractivity contribution in [2.45, 2.75) is 0 Å². The number of fused-ring (bicyclic) bond motifs is 2. The minimum atomic E-state index is -0.664. The lowest BCUT2D eigenvalue weighted by molar-refractivity contribution is -0.385. The van der Waals surface area contributed by atoms with Gasteiger partial charge in [0, 0.05) is 17.6 Å². The summed E-state index contributed by atoms with van der Waals surface area (Å²) in [7, 11) is 0. The van der Waals surface area contributed by atoms with E-state index in [4.69, 9.17) is 4.74 Å². The van der Waals surface area contributed by atoms with Gasteiger partial charge >= 0.3 is 11.7 Å². The van der Waals surface area contributed by atoms with Gasteiger partial charge in [-0.05, 0) is 29.0 Å². The van der Waals surface area contributed by atoms with Crippen molar-refractivity contribution in [3.8, 4) is 5.75 Å². The molecule has 1 heterocycles. The van der Waals surface area contributed by atoms with Crippen LogP contribution >= 0.6 is 0 Å². The van der Waals surface area contributed by atoms with Crippen LogP contribution in [0.1, 0.15) is 10.4 Å². The molecule has 0 N–H and O–H groups in total. The van der Waals surface area contributed by atoms with Crippen molar-refractivity contribution in [3.05, 3.63) is 88.6 Å². The lowest BCUT2D eigenvalue weighted by Crippen LogP contribution is -2.11. The van der Waals surface area contributed by atoms with Gasteiger partial charge in [0.15, 0.2) is 0 Å². The largest absolute Gasteiger partial charge is 0.413 e. The molecule has 26 heavy (non-hydrogen) atoms. The molecule has 0 saturated heterocycles. The fourth-order valence-electron chi connectivity index (χ4n) is 2.90. The van der Waals surface area contributed by atoms with E-state index in [0.717, 1.165) is 10.8 Å². The van der Waals surface area contributed by atoms with Crippen LogP contribution < -0.4 is 4.74 Å². The summed E-state index contributed by atoms with van der Waals surface area (Å²) < 4.78 is 5.47. The van der Waals surface area contributed by atoms with Crippen molar-refractivity contribution in [2.75, 3.05) is 0 Å². The summed E-state index contributed by atoms with van der Waals surface area (Å²) in [6.07, 6.45) is 1.50. The number of rotatable bonds is 3. The summed E-state index contributed by atoms with van der Waals surface area (Å²) in [5.74, 6) is -0.811. The van der Waals surface area contributed by atoms with E-state index >= 15 is 0 Å². The van der Waals surface area contributed by atoms with Crippen LogP contribution in [0.25, 0.3) is 21.7 Å². The van der Waals surface area contributed by atoms with Gasteiger partial charge in [-0.15, -0.1) is 0 Å². The number of nitrogens with zero attached hydrogens (tertiary/aromatic N) is 2. The third kappa shape index (κ3) is 2.63. The molecule has 0 aliphatic rings. The second-order valence-corrected chi connectivity index (χ2v) is 5.66. The first-order chi connectivity index (χ1) is 12.6. The van der Waals surface area contributed by atoms with E-state index < -0.39 is 10.9 Å². The quantitative estimate of drug-likeness (QED) is 0.236. The molecule has 3 aromatic carbocycles. The highest BCUT2D eigenvalue weighted by Gasteiger charge is 2.23. The molecule has 1 aromatic heterocycles. The van der Waals surface area contributed by atoms with Crippen LogP contribution in [0.2, 0.25) is 0 Å². The molecule has 0 radical (unpaired) electrons. The van der Waals surface area contributed by atoms with Crippen molar-refractivity contribution < 1.29 is 14.5 Å². The Kier molecular flexibility index (Phi) is 3.78. The van der Waals surface area contributed by atoms with Crippen LogP contribution in [0.4, 0.5) is 5.69 Å². The van der Waals surface area contributed by atoms with E-state index in [9.17, 15) is 14.9 Å². The number of nitro groups is 1. The second-order valence-electron chi connectivity index (χ2n) is 5.66. The third-order valence-corrected chi connectivity index (χ3v) is 4.11. The first-order valence-electron chi connectivity index (χ1n) is 7.87. The number of carbonyl (C=O) groups excluding carboxylic acids is 1. The van der Waals surface area contributed by atoms with Crippen molar-refractivity contribution >= 4 is 33.3 Å². The number of pyridine rings is 1. The molecule has 0 spiro atoms. The van der Waals surface area contributed by atoms with E-state index in [2.05, 4.69) is 4.98 Å². The monoisotopic (exact) mass is 344 g/mol. The molecule has 0 atom stereocenters. The molecule has 0 aliphatic carbocycles. The second kappa shape index (κ2) is 6.25. The Morgan fingerprint density at radius 1 is 0.923 bits per heavy atom. The average molecular weight is 344 g/mol. The van der Waals surface area contributed by atoms with Gasteiger partial charge in [-0.25, -0.2) is 4.79 Å². The van der Waals surface area contributed by atoms with Crippen molar-refractivity contribution in [1.82, 2.24) is 4.98 Å². The minimum Gasteiger partial charge on any atom is -0.413 e. The Bertz CT molecular complexity index is 1170. The number of nitro benzene ring substituents is 1. The molecule has 0 amide bonds. The fourth-order valence-corrected chi connectivity index (χ4v) is 2.90. The summed E-state index contributed by atoms with van der Waals surface area (Å²) in [5, 5.41) is 13.6. The number of aromatic nitrogens is 1. The van der Waals surface area contributed by atoms with Gasteiger partial charge in [-0.1, -0.05) is 42.5 Å². The SMILES string of the molecule is O=C(Oc1c([N+](=O)[O-])ccc2cccnc12)c1cccc2ccccc12. The molecule has 0 unspecified atom stereocenters. The van der Waals surface area contributed by atoms with Crippen molar-refractivity contribution in [1.29, 1.82) is 0 Å². The molecule has 0 bridgehead atoms. The van der Waals surface area contributed by atoms with E-state index in [0.29, 0.717) is 10.9 Å². The Balaban J connectivity index is 1.85. The Morgan fingerprint density at radius 2 is 1.69 bits per heavy atom. The van der Waals surface area contributed by atoms with Crippen LogP contribution in [-0.2, 0) is 0 Å². The molecule has 0 aliphatic heterocycles. The lowest BCUT2D eigenvalue weighted by Gasteiger charge is -2.09. The average Bonchev–Trinajstić information content (AvgIpc) is 2.67. The summed E-state index contributed by atoms with van der Waals surface area (Å²) >= 11 is 0. The zero-order valence-electron chi connectivity index (χ0n) is 13.5. The molecule has 6 heteroatoms. The molecular formula is C20H12N2O4. The Morgan fingerprint density at radius 3 is 2.54 bits per heavy atom. The maximum Gasteiger partial charge on any atom is 0.344 e. The number of esters is 1. The Labute approximate surface area is 147 Å². The summed E-state index contributed by atoms with van der Waals surface area (Å²) in [5.41, 5.74) is 0.311. The highest BCUT2D eigenvalue weighted by molar-refractivity contribution is 6.06. The summed E-state index contributed by atoms with van der Waals surface area (Å²) in [6.45, 7) is 0. The van der Waals surface area contributed by atoms with E-state index in [1.54, 1.807) is 30.3 Å². The van der Waals surface area contributed by atoms with E-state index in [1.165, 1.54) is 12.3 Å². The van der Waals surface area contributed by atoms with Crippen LogP contribution in [0.5, 0.6) is 5.75 Å². The number of ether oxygens (including phenoxy) is 1. The highest BCUT2D eigenvalue weighted by Crippen LogP contribution is 2.35. The number of hydrogen-bond acceptors (Lipinski definition) is 5. The molecule has 126 valence electrons. The summed E-state index contributed by atoms with van der Waals surface area (Å²) in [6, 6.07) is 19.0. The van der Waals surface area contributed by atoms with Gasteiger partial charge < -0.3 is 4.74 Å². The molecule has 0 fully saturated rings. The molecule has 4 rings (SSSR count). The van der Waals surface area contributed by atoms with E-state index in [1.807, 2.05) is 30.3 Å². The molecule has 6 nitrogen and oxygen atoms in total. The van der Waals surface area contributed by atoms with Gasteiger partial charge in [0.25, 0.3) is 0 Å². The molecule has 4 aromatic rings. The van der Waals surface area contributed by atoms with Crippen molar-refractivity contribution in [3.63, 3.8) is 0 Å². The first-order valence-corrected chi connectivity index (χ1v) is 7.87. The van der Waals surface area contributed by atoms with Gasteiger partial charge in [0.1, 0.15) is 5.52 Å².